The van der Waals surface area contributed by atoms with Gasteiger partial charge in [0.05, 0.1) is 18.5 Å². The highest BCUT2D eigenvalue weighted by atomic mass is 16.5. The summed E-state index contributed by atoms with van der Waals surface area (Å²) >= 11 is 0. The van der Waals surface area contributed by atoms with E-state index in [0.29, 0.717) is 5.69 Å². The number of hydrogen-bond donors (Lipinski definition) is 2. The van der Waals surface area contributed by atoms with Crippen molar-refractivity contribution in [3.63, 3.8) is 0 Å². The zero-order valence-electron chi connectivity index (χ0n) is 10.9. The molecule has 2 rings (SSSR count). The number of hydrogen-bond acceptors (Lipinski definition) is 3. The van der Waals surface area contributed by atoms with Crippen LogP contribution in [0.1, 0.15) is 11.1 Å². The van der Waals surface area contributed by atoms with Crippen molar-refractivity contribution in [1.82, 2.24) is 0 Å². The first-order chi connectivity index (χ1) is 8.60. The molecule has 0 aliphatic heterocycles. The fraction of sp³-hybridized carbons (Fsp3) is 0.200. The standard InChI is InChI=1S/C15H18N2O/c1-10-4-7-14(11(2)8-10)17-15-9-12(18-3)5-6-13(15)16/h4-9,17H,16H2,1-3H3. The summed E-state index contributed by atoms with van der Waals surface area (Å²) in [5.74, 6) is 0.788. The molecular formula is C15H18N2O. The van der Waals surface area contributed by atoms with Crippen LogP contribution < -0.4 is 15.8 Å². The molecule has 0 aliphatic rings. The molecule has 3 nitrogen and oxygen atoms in total. The van der Waals surface area contributed by atoms with Crippen LogP contribution in [0.5, 0.6) is 5.75 Å². The van der Waals surface area contributed by atoms with Crippen LogP contribution in [0.15, 0.2) is 36.4 Å². The van der Waals surface area contributed by atoms with Crippen LogP contribution in [-0.2, 0) is 0 Å². The molecule has 0 heterocycles. The smallest absolute Gasteiger partial charge is 0.121 e. The fourth-order valence-electron chi connectivity index (χ4n) is 1.87. The van der Waals surface area contributed by atoms with Crippen LogP contribution in [0.2, 0.25) is 0 Å². The molecule has 3 heteroatoms. The van der Waals surface area contributed by atoms with Gasteiger partial charge in [0.1, 0.15) is 5.75 Å². The Morgan fingerprint density at radius 3 is 2.44 bits per heavy atom. The molecule has 0 radical (unpaired) electrons. The first-order valence-electron chi connectivity index (χ1n) is 5.88. The highest BCUT2D eigenvalue weighted by molar-refractivity contribution is 5.75. The van der Waals surface area contributed by atoms with E-state index in [9.17, 15) is 0 Å². The third-order valence-corrected chi connectivity index (χ3v) is 2.91. The van der Waals surface area contributed by atoms with Gasteiger partial charge in [0.25, 0.3) is 0 Å². The predicted molar refractivity (Wildman–Crippen MR) is 76.6 cm³/mol. The van der Waals surface area contributed by atoms with Gasteiger partial charge in [0, 0.05) is 11.8 Å². The number of anilines is 3. The summed E-state index contributed by atoms with van der Waals surface area (Å²) in [7, 11) is 1.65. The lowest BCUT2D eigenvalue weighted by Gasteiger charge is -2.13. The first-order valence-corrected chi connectivity index (χ1v) is 5.88. The Morgan fingerprint density at radius 1 is 1.00 bits per heavy atom. The van der Waals surface area contributed by atoms with E-state index in [-0.39, 0.29) is 0 Å². The number of benzene rings is 2. The van der Waals surface area contributed by atoms with Crippen molar-refractivity contribution >= 4 is 17.1 Å². The van der Waals surface area contributed by atoms with Crippen LogP contribution in [0.4, 0.5) is 17.1 Å². The van der Waals surface area contributed by atoms with Crippen LogP contribution in [0, 0.1) is 13.8 Å². The van der Waals surface area contributed by atoms with E-state index in [4.69, 9.17) is 10.5 Å². The van der Waals surface area contributed by atoms with Gasteiger partial charge in [-0.05, 0) is 37.6 Å². The molecule has 3 N–H and O–H groups in total. The van der Waals surface area contributed by atoms with Crippen molar-refractivity contribution in [2.24, 2.45) is 0 Å². The highest BCUT2D eigenvalue weighted by Gasteiger charge is 2.04. The molecule has 2 aromatic rings. The zero-order chi connectivity index (χ0) is 13.1. The molecule has 94 valence electrons. The SMILES string of the molecule is COc1ccc(N)c(Nc2ccc(C)cc2C)c1. The van der Waals surface area contributed by atoms with Crippen LogP contribution in [0.3, 0.4) is 0 Å². The summed E-state index contributed by atoms with van der Waals surface area (Å²) in [5, 5.41) is 3.34. The number of methoxy groups -OCH3 is 1. The molecule has 0 aliphatic carbocycles. The third kappa shape index (κ3) is 2.56. The minimum Gasteiger partial charge on any atom is -0.497 e. The Bertz CT molecular complexity index is 564. The summed E-state index contributed by atoms with van der Waals surface area (Å²) in [6.07, 6.45) is 0. The molecule has 0 spiro atoms. The van der Waals surface area contributed by atoms with E-state index in [2.05, 4.69) is 37.4 Å². The van der Waals surface area contributed by atoms with Gasteiger partial charge in [-0.25, -0.2) is 0 Å². The second-order valence-corrected chi connectivity index (χ2v) is 4.40. The van der Waals surface area contributed by atoms with Crippen molar-refractivity contribution in [3.05, 3.63) is 47.5 Å². The molecule has 0 aromatic heterocycles. The van der Waals surface area contributed by atoms with Gasteiger partial charge >= 0.3 is 0 Å². The summed E-state index contributed by atoms with van der Waals surface area (Å²) in [5.41, 5.74) is 11.0. The van der Waals surface area contributed by atoms with Gasteiger partial charge in [0.15, 0.2) is 0 Å². The first kappa shape index (κ1) is 12.3. The van der Waals surface area contributed by atoms with Crippen molar-refractivity contribution in [3.8, 4) is 5.75 Å². The lowest BCUT2D eigenvalue weighted by molar-refractivity contribution is 0.415. The van der Waals surface area contributed by atoms with E-state index >= 15 is 0 Å². The van der Waals surface area contributed by atoms with E-state index in [1.165, 1.54) is 11.1 Å². The van der Waals surface area contributed by atoms with Crippen LogP contribution in [-0.4, -0.2) is 7.11 Å². The minimum absolute atomic E-state index is 0.704. The van der Waals surface area contributed by atoms with Gasteiger partial charge in [-0.15, -0.1) is 0 Å². The third-order valence-electron chi connectivity index (χ3n) is 2.91. The Morgan fingerprint density at radius 2 is 1.78 bits per heavy atom. The van der Waals surface area contributed by atoms with Crippen LogP contribution in [0.25, 0.3) is 0 Å². The van der Waals surface area contributed by atoms with Crippen molar-refractivity contribution in [2.45, 2.75) is 13.8 Å². The number of nitrogen functional groups attached to an aromatic ring is 1. The second kappa shape index (κ2) is 5.00. The number of rotatable bonds is 3. The molecule has 0 bridgehead atoms. The number of ether oxygens (including phenoxy) is 1. The minimum atomic E-state index is 0.704. The number of nitrogens with one attached hydrogen (secondary N) is 1. The van der Waals surface area contributed by atoms with Gasteiger partial charge in [0.2, 0.25) is 0 Å². The highest BCUT2D eigenvalue weighted by Crippen LogP contribution is 2.29. The lowest BCUT2D eigenvalue weighted by Crippen LogP contribution is -1.98. The van der Waals surface area contributed by atoms with Gasteiger partial charge < -0.3 is 15.8 Å². The van der Waals surface area contributed by atoms with E-state index in [1.807, 2.05) is 18.2 Å². The normalized spacial score (nSPS) is 10.2. The maximum absolute atomic E-state index is 5.95. The Labute approximate surface area is 108 Å². The Balaban J connectivity index is 2.33. The molecule has 0 saturated heterocycles. The van der Waals surface area contributed by atoms with Gasteiger partial charge in [-0.3, -0.25) is 0 Å². The van der Waals surface area contributed by atoms with Gasteiger partial charge in [-0.1, -0.05) is 17.7 Å². The topological polar surface area (TPSA) is 47.3 Å². The number of nitrogens with two attached hydrogens (primary N) is 1. The molecule has 0 saturated carbocycles. The Kier molecular flexibility index (Phi) is 3.42. The maximum atomic E-state index is 5.95. The Hall–Kier alpha value is -2.16. The second-order valence-electron chi connectivity index (χ2n) is 4.40. The molecular weight excluding hydrogens is 224 g/mol. The quantitative estimate of drug-likeness (QED) is 0.808. The average molecular weight is 242 g/mol. The monoisotopic (exact) mass is 242 g/mol. The van der Waals surface area contributed by atoms with Crippen molar-refractivity contribution in [2.75, 3.05) is 18.2 Å². The zero-order valence-corrected chi connectivity index (χ0v) is 10.9. The fourth-order valence-corrected chi connectivity index (χ4v) is 1.87. The average Bonchev–Trinajstić information content (AvgIpc) is 2.35. The lowest BCUT2D eigenvalue weighted by atomic mass is 10.1. The predicted octanol–water partition coefficient (Wildman–Crippen LogP) is 3.64. The summed E-state index contributed by atoms with van der Waals surface area (Å²) in [6, 6.07) is 11.9. The van der Waals surface area contributed by atoms with Gasteiger partial charge in [-0.2, -0.15) is 0 Å². The summed E-state index contributed by atoms with van der Waals surface area (Å²) in [6.45, 7) is 4.16. The van der Waals surface area contributed by atoms with E-state index in [0.717, 1.165) is 17.1 Å². The van der Waals surface area contributed by atoms with E-state index in [1.54, 1.807) is 7.11 Å². The molecule has 0 atom stereocenters. The van der Waals surface area contributed by atoms with Crippen molar-refractivity contribution < 1.29 is 4.74 Å². The van der Waals surface area contributed by atoms with Crippen LogP contribution >= 0.6 is 0 Å². The molecule has 18 heavy (non-hydrogen) atoms. The molecule has 2 aromatic carbocycles. The number of aryl methyl sites for hydroxylation is 2. The van der Waals surface area contributed by atoms with Crippen molar-refractivity contribution in [1.29, 1.82) is 0 Å². The van der Waals surface area contributed by atoms with E-state index < -0.39 is 0 Å². The molecule has 0 amide bonds. The summed E-state index contributed by atoms with van der Waals surface area (Å²) < 4.78 is 5.20. The maximum Gasteiger partial charge on any atom is 0.121 e. The summed E-state index contributed by atoms with van der Waals surface area (Å²) in [4.78, 5) is 0. The largest absolute Gasteiger partial charge is 0.497 e. The molecule has 0 fully saturated rings. The molecule has 0 unspecified atom stereocenters.